The average molecular weight is 281 g/mol. The van der Waals surface area contributed by atoms with E-state index in [9.17, 15) is 0 Å². The van der Waals surface area contributed by atoms with E-state index in [1.807, 2.05) is 6.07 Å². The molecule has 0 radical (unpaired) electrons. The molecule has 1 saturated heterocycles. The molecule has 0 aliphatic carbocycles. The number of ether oxygens (including phenoxy) is 1. The molecule has 110 valence electrons. The summed E-state index contributed by atoms with van der Waals surface area (Å²) < 4.78 is 5.59. The lowest BCUT2D eigenvalue weighted by molar-refractivity contribution is 0.371. The number of rotatable bonds is 3. The Morgan fingerprint density at radius 3 is 2.71 bits per heavy atom. The van der Waals surface area contributed by atoms with E-state index in [4.69, 9.17) is 4.74 Å². The van der Waals surface area contributed by atoms with Crippen molar-refractivity contribution in [3.8, 4) is 5.75 Å². The summed E-state index contributed by atoms with van der Waals surface area (Å²) in [7, 11) is 1.77. The molecule has 3 rings (SSSR count). The summed E-state index contributed by atoms with van der Waals surface area (Å²) in [5.74, 6) is 2.04. The van der Waals surface area contributed by atoms with Crippen LogP contribution in [0.15, 0.2) is 48.5 Å². The van der Waals surface area contributed by atoms with Crippen molar-refractivity contribution in [2.24, 2.45) is 0 Å². The molecule has 0 bridgehead atoms. The molecule has 21 heavy (non-hydrogen) atoms. The highest BCUT2D eigenvalue weighted by Gasteiger charge is 2.29. The van der Waals surface area contributed by atoms with Gasteiger partial charge in [-0.3, -0.25) is 0 Å². The van der Waals surface area contributed by atoms with Gasteiger partial charge in [-0.15, -0.1) is 0 Å². The minimum absolute atomic E-state index is 0.509. The molecule has 2 heteroatoms. The molecule has 2 nitrogen and oxygen atoms in total. The quantitative estimate of drug-likeness (QED) is 0.922. The third-order valence-corrected chi connectivity index (χ3v) is 4.49. The van der Waals surface area contributed by atoms with E-state index < -0.39 is 0 Å². The zero-order chi connectivity index (χ0) is 14.7. The number of methoxy groups -OCH3 is 1. The molecule has 2 unspecified atom stereocenters. The Kier molecular flexibility index (Phi) is 4.26. The van der Waals surface area contributed by atoms with Crippen LogP contribution in [0.1, 0.15) is 34.9 Å². The van der Waals surface area contributed by atoms with Crippen molar-refractivity contribution in [3.05, 3.63) is 65.2 Å². The van der Waals surface area contributed by atoms with Crippen LogP contribution in [0.2, 0.25) is 0 Å². The van der Waals surface area contributed by atoms with Gasteiger partial charge in [-0.1, -0.05) is 48.0 Å². The van der Waals surface area contributed by atoms with Gasteiger partial charge in [-0.25, -0.2) is 0 Å². The maximum absolute atomic E-state index is 5.59. The number of piperidine rings is 1. The van der Waals surface area contributed by atoms with Crippen LogP contribution in [0.4, 0.5) is 0 Å². The second-order valence-corrected chi connectivity index (χ2v) is 5.86. The molecule has 1 aliphatic rings. The second kappa shape index (κ2) is 6.31. The van der Waals surface area contributed by atoms with E-state index in [0.717, 1.165) is 25.3 Å². The highest BCUT2D eigenvalue weighted by molar-refractivity contribution is 5.40. The first-order valence-electron chi connectivity index (χ1n) is 7.70. The topological polar surface area (TPSA) is 21.3 Å². The van der Waals surface area contributed by atoms with E-state index in [-0.39, 0.29) is 0 Å². The first kappa shape index (κ1) is 14.2. The van der Waals surface area contributed by atoms with E-state index in [0.29, 0.717) is 11.8 Å². The van der Waals surface area contributed by atoms with Crippen molar-refractivity contribution >= 4 is 0 Å². The average Bonchev–Trinajstić information content (AvgIpc) is 2.55. The van der Waals surface area contributed by atoms with Crippen LogP contribution < -0.4 is 10.1 Å². The van der Waals surface area contributed by atoms with Gasteiger partial charge in [0.1, 0.15) is 5.75 Å². The van der Waals surface area contributed by atoms with Gasteiger partial charge in [0, 0.05) is 12.5 Å². The van der Waals surface area contributed by atoms with Gasteiger partial charge in [0.25, 0.3) is 0 Å². The van der Waals surface area contributed by atoms with E-state index in [1.54, 1.807) is 7.11 Å². The van der Waals surface area contributed by atoms with Gasteiger partial charge in [0.05, 0.1) is 7.11 Å². The van der Waals surface area contributed by atoms with Gasteiger partial charge >= 0.3 is 0 Å². The lowest BCUT2D eigenvalue weighted by Gasteiger charge is -2.34. The van der Waals surface area contributed by atoms with Crippen molar-refractivity contribution in [1.82, 2.24) is 5.32 Å². The summed E-state index contributed by atoms with van der Waals surface area (Å²) in [6, 6.07) is 17.4. The van der Waals surface area contributed by atoms with Crippen LogP contribution in [-0.4, -0.2) is 20.2 Å². The molecule has 1 fully saturated rings. The number of hydrogen-bond acceptors (Lipinski definition) is 2. The number of benzene rings is 2. The molecule has 0 spiro atoms. The van der Waals surface area contributed by atoms with Crippen molar-refractivity contribution < 1.29 is 4.74 Å². The zero-order valence-electron chi connectivity index (χ0n) is 12.8. The highest BCUT2D eigenvalue weighted by Crippen LogP contribution is 2.41. The minimum atomic E-state index is 0.509. The van der Waals surface area contributed by atoms with Gasteiger partial charge in [0.15, 0.2) is 0 Å². The summed E-state index contributed by atoms with van der Waals surface area (Å²) in [4.78, 5) is 0. The van der Waals surface area contributed by atoms with Crippen LogP contribution in [0.5, 0.6) is 5.75 Å². The number of hydrogen-bond donors (Lipinski definition) is 1. The maximum Gasteiger partial charge on any atom is 0.122 e. The van der Waals surface area contributed by atoms with Crippen LogP contribution in [-0.2, 0) is 0 Å². The van der Waals surface area contributed by atoms with Gasteiger partial charge in [-0.2, -0.15) is 0 Å². The van der Waals surface area contributed by atoms with Gasteiger partial charge in [0.2, 0.25) is 0 Å². The molecular formula is C19H23NO. The standard InChI is InChI=1S/C19H23NO/c1-14-6-5-7-15(12-14)18-13-20-11-10-16(18)17-8-3-4-9-19(17)21-2/h3-9,12,16,18,20H,10-11,13H2,1-2H3. The Labute approximate surface area is 127 Å². The summed E-state index contributed by atoms with van der Waals surface area (Å²) in [6.07, 6.45) is 1.15. The van der Waals surface area contributed by atoms with Crippen molar-refractivity contribution in [2.75, 3.05) is 20.2 Å². The van der Waals surface area contributed by atoms with Crippen molar-refractivity contribution in [2.45, 2.75) is 25.2 Å². The lowest BCUT2D eigenvalue weighted by atomic mass is 9.77. The Hall–Kier alpha value is -1.80. The van der Waals surface area contributed by atoms with Gasteiger partial charge in [-0.05, 0) is 43.0 Å². The Morgan fingerprint density at radius 1 is 1.05 bits per heavy atom. The fraction of sp³-hybridized carbons (Fsp3) is 0.368. The first-order valence-corrected chi connectivity index (χ1v) is 7.70. The molecule has 0 amide bonds. The number of nitrogens with one attached hydrogen (secondary N) is 1. The highest BCUT2D eigenvalue weighted by atomic mass is 16.5. The van der Waals surface area contributed by atoms with Crippen molar-refractivity contribution in [3.63, 3.8) is 0 Å². The van der Waals surface area contributed by atoms with E-state index in [1.165, 1.54) is 16.7 Å². The number of aryl methyl sites for hydroxylation is 1. The molecule has 2 aromatic rings. The third-order valence-electron chi connectivity index (χ3n) is 4.49. The lowest BCUT2D eigenvalue weighted by Crippen LogP contribution is -2.34. The summed E-state index contributed by atoms with van der Waals surface area (Å²) >= 11 is 0. The largest absolute Gasteiger partial charge is 0.496 e. The zero-order valence-corrected chi connectivity index (χ0v) is 12.8. The van der Waals surface area contributed by atoms with E-state index in [2.05, 4.69) is 54.7 Å². The molecule has 1 heterocycles. The molecule has 0 aromatic heterocycles. The molecule has 2 aromatic carbocycles. The summed E-state index contributed by atoms with van der Waals surface area (Å²) in [6.45, 7) is 4.27. The molecule has 0 saturated carbocycles. The monoisotopic (exact) mass is 281 g/mol. The normalized spacial score (nSPS) is 22.0. The summed E-state index contributed by atoms with van der Waals surface area (Å²) in [5, 5.41) is 3.55. The fourth-order valence-electron chi connectivity index (χ4n) is 3.45. The second-order valence-electron chi connectivity index (χ2n) is 5.86. The predicted octanol–water partition coefficient (Wildman–Crippen LogP) is 3.86. The molecule has 1 N–H and O–H groups in total. The van der Waals surface area contributed by atoms with Crippen LogP contribution in [0.25, 0.3) is 0 Å². The predicted molar refractivity (Wildman–Crippen MR) is 87.1 cm³/mol. The molecule has 2 atom stereocenters. The molecule has 1 aliphatic heterocycles. The molecular weight excluding hydrogens is 258 g/mol. The number of para-hydroxylation sites is 1. The third kappa shape index (κ3) is 2.96. The SMILES string of the molecule is COc1ccccc1C1CCNCC1c1cccc(C)c1. The maximum atomic E-state index is 5.59. The summed E-state index contributed by atoms with van der Waals surface area (Å²) in [5.41, 5.74) is 4.10. The van der Waals surface area contributed by atoms with Crippen molar-refractivity contribution in [1.29, 1.82) is 0 Å². The minimum Gasteiger partial charge on any atom is -0.496 e. The first-order chi connectivity index (χ1) is 10.3. The Balaban J connectivity index is 1.98. The van der Waals surface area contributed by atoms with E-state index >= 15 is 0 Å². The smallest absolute Gasteiger partial charge is 0.122 e. The Morgan fingerprint density at radius 2 is 1.90 bits per heavy atom. The Bertz CT molecular complexity index is 608. The van der Waals surface area contributed by atoms with Crippen LogP contribution in [0, 0.1) is 6.92 Å². The van der Waals surface area contributed by atoms with Crippen LogP contribution >= 0.6 is 0 Å². The fourth-order valence-corrected chi connectivity index (χ4v) is 3.45. The van der Waals surface area contributed by atoms with Gasteiger partial charge < -0.3 is 10.1 Å². The van der Waals surface area contributed by atoms with Crippen LogP contribution in [0.3, 0.4) is 0 Å².